The molecule has 0 saturated heterocycles. The van der Waals surface area contributed by atoms with Crippen molar-refractivity contribution >= 4 is 50.9 Å². The Bertz CT molecular complexity index is 1100. The molecule has 1 N–H and O–H groups in total. The lowest BCUT2D eigenvalue weighted by atomic mass is 10.2. The summed E-state index contributed by atoms with van der Waals surface area (Å²) in [6.07, 6.45) is -2.86. The monoisotopic (exact) mass is 530 g/mol. The number of carbonyl (C=O) groups is 1. The summed E-state index contributed by atoms with van der Waals surface area (Å²) >= 11 is 10.4. The van der Waals surface area contributed by atoms with E-state index in [0.717, 1.165) is 40.0 Å². The van der Waals surface area contributed by atoms with Gasteiger partial charge in [0.25, 0.3) is 0 Å². The van der Waals surface area contributed by atoms with Crippen LogP contribution in [0.15, 0.2) is 64.7 Å². The topological polar surface area (TPSA) is 59.8 Å². The van der Waals surface area contributed by atoms with Gasteiger partial charge in [-0.2, -0.15) is 13.2 Å². The van der Waals surface area contributed by atoms with Crippen LogP contribution in [0, 0.1) is 0 Å². The van der Waals surface area contributed by atoms with Crippen LogP contribution < -0.4 is 5.32 Å². The van der Waals surface area contributed by atoms with Crippen LogP contribution in [-0.2, 0) is 17.5 Å². The van der Waals surface area contributed by atoms with Gasteiger partial charge >= 0.3 is 6.18 Å². The third-order valence-corrected chi connectivity index (χ3v) is 5.86. The second-order valence-corrected chi connectivity index (χ2v) is 8.51. The van der Waals surface area contributed by atoms with E-state index in [1.165, 1.54) is 0 Å². The fourth-order valence-electron chi connectivity index (χ4n) is 2.62. The lowest BCUT2D eigenvalue weighted by Crippen LogP contribution is -2.16. The first-order valence-electron chi connectivity index (χ1n) is 8.78. The van der Waals surface area contributed by atoms with Gasteiger partial charge in [-0.05, 0) is 30.3 Å². The molecule has 0 unspecified atom stereocenters. The van der Waals surface area contributed by atoms with Gasteiger partial charge in [0.2, 0.25) is 5.91 Å². The Morgan fingerprint density at radius 2 is 1.94 bits per heavy atom. The molecule has 2 aromatic carbocycles. The van der Waals surface area contributed by atoms with Gasteiger partial charge in [-0.1, -0.05) is 57.5 Å². The molecular weight excluding hydrogens is 517 g/mol. The first-order valence-corrected chi connectivity index (χ1v) is 10.9. The summed E-state index contributed by atoms with van der Waals surface area (Å²) < 4.78 is 41.4. The summed E-state index contributed by atoms with van der Waals surface area (Å²) in [6, 6.07) is 10.3. The average molecular weight is 532 g/mol. The van der Waals surface area contributed by atoms with Gasteiger partial charge < -0.3 is 5.32 Å². The molecule has 0 saturated carbocycles. The lowest BCUT2D eigenvalue weighted by Gasteiger charge is -2.12. The number of allylic oxidation sites excluding steroid dienone is 1. The predicted molar refractivity (Wildman–Crippen MR) is 119 cm³/mol. The number of benzene rings is 2. The number of carbonyl (C=O) groups excluding carboxylic acids is 1. The maximum Gasteiger partial charge on any atom is 0.416 e. The van der Waals surface area contributed by atoms with Crippen molar-refractivity contribution in [2.24, 2.45) is 0 Å². The molecule has 3 aromatic rings. The highest BCUT2D eigenvalue weighted by Crippen LogP contribution is 2.34. The number of hydrogen-bond donors (Lipinski definition) is 1. The second-order valence-electron chi connectivity index (χ2n) is 6.24. The van der Waals surface area contributed by atoms with Crippen molar-refractivity contribution in [1.82, 2.24) is 14.8 Å². The van der Waals surface area contributed by atoms with Crippen molar-refractivity contribution in [3.05, 3.63) is 70.2 Å². The van der Waals surface area contributed by atoms with Gasteiger partial charge in [0, 0.05) is 16.6 Å². The van der Waals surface area contributed by atoms with Gasteiger partial charge in [0.1, 0.15) is 0 Å². The Morgan fingerprint density at radius 3 is 2.58 bits per heavy atom. The van der Waals surface area contributed by atoms with Crippen molar-refractivity contribution in [3.63, 3.8) is 0 Å². The van der Waals surface area contributed by atoms with Gasteiger partial charge in [0.05, 0.1) is 22.0 Å². The summed E-state index contributed by atoms with van der Waals surface area (Å²) in [5.41, 5.74) is -0.167. The number of alkyl halides is 3. The van der Waals surface area contributed by atoms with Crippen LogP contribution in [0.25, 0.3) is 11.4 Å². The van der Waals surface area contributed by atoms with E-state index in [1.807, 2.05) is 24.3 Å². The van der Waals surface area contributed by atoms with Crippen LogP contribution in [0.4, 0.5) is 18.9 Å². The van der Waals surface area contributed by atoms with Gasteiger partial charge in [-0.15, -0.1) is 16.8 Å². The molecular formula is C20H15BrClF3N4OS. The number of aromatic nitrogens is 3. The molecule has 0 spiro atoms. The molecule has 0 aliphatic carbocycles. The van der Waals surface area contributed by atoms with E-state index in [9.17, 15) is 18.0 Å². The zero-order valence-corrected chi connectivity index (χ0v) is 18.9. The van der Waals surface area contributed by atoms with E-state index in [2.05, 4.69) is 38.0 Å². The van der Waals surface area contributed by atoms with Crippen molar-refractivity contribution in [2.75, 3.05) is 11.1 Å². The fraction of sp³-hybridized carbons (Fsp3) is 0.150. The maximum atomic E-state index is 12.9. The average Bonchev–Trinajstić information content (AvgIpc) is 3.11. The number of amides is 1. The Kier molecular flexibility index (Phi) is 7.45. The normalized spacial score (nSPS) is 11.4. The molecule has 1 amide bonds. The zero-order chi connectivity index (χ0) is 22.6. The highest BCUT2D eigenvalue weighted by molar-refractivity contribution is 9.10. The van der Waals surface area contributed by atoms with Crippen molar-refractivity contribution < 1.29 is 18.0 Å². The van der Waals surface area contributed by atoms with E-state index < -0.39 is 17.6 Å². The van der Waals surface area contributed by atoms with Crippen molar-refractivity contribution in [2.45, 2.75) is 17.9 Å². The Labute approximate surface area is 193 Å². The van der Waals surface area contributed by atoms with Crippen LogP contribution in [0.2, 0.25) is 5.02 Å². The Morgan fingerprint density at radius 1 is 1.23 bits per heavy atom. The first kappa shape index (κ1) is 23.4. The summed E-state index contributed by atoms with van der Waals surface area (Å²) in [6.45, 7) is 4.15. The molecule has 0 radical (unpaired) electrons. The van der Waals surface area contributed by atoms with Gasteiger partial charge in [0.15, 0.2) is 11.0 Å². The first-order chi connectivity index (χ1) is 14.7. The summed E-state index contributed by atoms with van der Waals surface area (Å²) in [5.74, 6) is -0.0110. The fourth-order valence-corrected chi connectivity index (χ4v) is 3.79. The second kappa shape index (κ2) is 9.88. The van der Waals surface area contributed by atoms with Gasteiger partial charge in [-0.3, -0.25) is 9.36 Å². The minimum Gasteiger partial charge on any atom is -0.324 e. The van der Waals surface area contributed by atoms with E-state index >= 15 is 0 Å². The SMILES string of the molecule is C=CCn1c(SCC(=O)Nc2cc(C(F)(F)F)ccc2Cl)nnc1-c1ccc(Br)cc1. The lowest BCUT2D eigenvalue weighted by molar-refractivity contribution is -0.137. The molecule has 0 aliphatic rings. The summed E-state index contributed by atoms with van der Waals surface area (Å²) in [4.78, 5) is 12.3. The molecule has 5 nitrogen and oxygen atoms in total. The van der Waals surface area contributed by atoms with Crippen LogP contribution in [0.5, 0.6) is 0 Å². The van der Waals surface area contributed by atoms with Crippen LogP contribution in [0.1, 0.15) is 5.56 Å². The highest BCUT2D eigenvalue weighted by atomic mass is 79.9. The number of nitrogens with zero attached hydrogens (tertiary/aromatic N) is 3. The number of hydrogen-bond acceptors (Lipinski definition) is 4. The molecule has 1 heterocycles. The number of anilines is 1. The third-order valence-electron chi connectivity index (χ3n) is 4.03. The molecule has 0 bridgehead atoms. The number of halogens is 5. The molecule has 3 rings (SSSR count). The smallest absolute Gasteiger partial charge is 0.324 e. The van der Waals surface area contributed by atoms with E-state index in [0.29, 0.717) is 17.5 Å². The maximum absolute atomic E-state index is 12.9. The number of thioether (sulfide) groups is 1. The zero-order valence-electron chi connectivity index (χ0n) is 15.8. The number of rotatable bonds is 7. The van der Waals surface area contributed by atoms with E-state index in [4.69, 9.17) is 11.6 Å². The predicted octanol–water partition coefficient (Wildman–Crippen LogP) is 6.30. The molecule has 31 heavy (non-hydrogen) atoms. The molecule has 1 aromatic heterocycles. The third kappa shape index (κ3) is 5.90. The molecule has 11 heteroatoms. The minimum absolute atomic E-state index is 0.0127. The van der Waals surface area contributed by atoms with E-state index in [1.54, 1.807) is 10.6 Å². The standard InChI is InChI=1S/C20H15BrClF3N4OS/c1-2-9-29-18(12-3-6-14(21)7-4-12)27-28-19(29)31-11-17(30)26-16-10-13(20(23,24)25)5-8-15(16)22/h2-8,10H,1,9,11H2,(H,26,30). The molecule has 0 fully saturated rings. The summed E-state index contributed by atoms with van der Waals surface area (Å²) in [7, 11) is 0. The molecule has 0 atom stereocenters. The van der Waals surface area contributed by atoms with Gasteiger partial charge in [-0.25, -0.2) is 0 Å². The van der Waals surface area contributed by atoms with Crippen LogP contribution in [0.3, 0.4) is 0 Å². The number of nitrogens with one attached hydrogen (secondary N) is 1. The largest absolute Gasteiger partial charge is 0.416 e. The molecule has 162 valence electrons. The Hall–Kier alpha value is -2.30. The van der Waals surface area contributed by atoms with E-state index in [-0.39, 0.29) is 16.5 Å². The quantitative estimate of drug-likeness (QED) is 0.287. The van der Waals surface area contributed by atoms with Crippen LogP contribution >= 0.6 is 39.3 Å². The van der Waals surface area contributed by atoms with Crippen molar-refractivity contribution in [3.8, 4) is 11.4 Å². The van der Waals surface area contributed by atoms with Crippen LogP contribution in [-0.4, -0.2) is 26.4 Å². The highest BCUT2D eigenvalue weighted by Gasteiger charge is 2.31. The minimum atomic E-state index is -4.54. The van der Waals surface area contributed by atoms with Crippen molar-refractivity contribution in [1.29, 1.82) is 0 Å². The Balaban J connectivity index is 1.73. The summed E-state index contributed by atoms with van der Waals surface area (Å²) in [5, 5.41) is 11.2. The molecule has 0 aliphatic heterocycles.